The van der Waals surface area contributed by atoms with E-state index in [-0.39, 0.29) is 11.2 Å². The standard InChI is InChI=1S/C17H17NOS/c1-11-3-6-13(7-4-11)17-14-9-12(2)5-8-15(14)18-16(19)10-20-17/h3-9,17H,10H2,1-2H3,(H,18,19). The molecule has 0 radical (unpaired) electrons. The van der Waals surface area contributed by atoms with Crippen molar-refractivity contribution < 1.29 is 4.79 Å². The fraction of sp³-hybridized carbons (Fsp3) is 0.235. The molecule has 1 N–H and O–H groups in total. The number of carbonyl (C=O) groups is 1. The van der Waals surface area contributed by atoms with Crippen molar-refractivity contribution >= 4 is 23.4 Å². The number of anilines is 1. The first-order chi connectivity index (χ1) is 9.63. The lowest BCUT2D eigenvalue weighted by molar-refractivity contribution is -0.113. The third kappa shape index (κ3) is 2.59. The number of amides is 1. The van der Waals surface area contributed by atoms with Crippen LogP contribution in [0.2, 0.25) is 0 Å². The van der Waals surface area contributed by atoms with Gasteiger partial charge >= 0.3 is 0 Å². The van der Waals surface area contributed by atoms with Crippen LogP contribution in [0.5, 0.6) is 0 Å². The maximum Gasteiger partial charge on any atom is 0.234 e. The maximum absolute atomic E-state index is 11.8. The van der Waals surface area contributed by atoms with E-state index in [1.54, 1.807) is 11.8 Å². The summed E-state index contributed by atoms with van der Waals surface area (Å²) in [5, 5.41) is 3.21. The summed E-state index contributed by atoms with van der Waals surface area (Å²) < 4.78 is 0. The van der Waals surface area contributed by atoms with Gasteiger partial charge in [-0.05, 0) is 31.0 Å². The number of hydrogen-bond donors (Lipinski definition) is 1. The molecule has 3 rings (SSSR count). The number of rotatable bonds is 1. The largest absolute Gasteiger partial charge is 0.325 e. The fourth-order valence-electron chi connectivity index (χ4n) is 2.47. The SMILES string of the molecule is Cc1ccc(C2SCC(=O)Nc3ccc(C)cc32)cc1. The second-order valence-corrected chi connectivity index (χ2v) is 6.33. The molecule has 0 bridgehead atoms. The molecule has 1 aliphatic rings. The first kappa shape index (κ1) is 13.3. The zero-order chi connectivity index (χ0) is 14.1. The summed E-state index contributed by atoms with van der Waals surface area (Å²) in [6.45, 7) is 4.18. The van der Waals surface area contributed by atoms with E-state index < -0.39 is 0 Å². The second-order valence-electron chi connectivity index (χ2n) is 5.24. The normalized spacial score (nSPS) is 18.1. The Morgan fingerprint density at radius 2 is 1.75 bits per heavy atom. The lowest BCUT2D eigenvalue weighted by atomic mass is 9.99. The van der Waals surface area contributed by atoms with E-state index in [0.717, 1.165) is 5.69 Å². The monoisotopic (exact) mass is 283 g/mol. The van der Waals surface area contributed by atoms with Gasteiger partial charge in [0.2, 0.25) is 5.91 Å². The molecular formula is C17H17NOS. The number of nitrogens with one attached hydrogen (secondary N) is 1. The quantitative estimate of drug-likeness (QED) is 0.854. The zero-order valence-corrected chi connectivity index (χ0v) is 12.5. The molecule has 102 valence electrons. The van der Waals surface area contributed by atoms with Gasteiger partial charge in [-0.25, -0.2) is 0 Å². The van der Waals surface area contributed by atoms with Crippen molar-refractivity contribution in [3.05, 3.63) is 64.7 Å². The van der Waals surface area contributed by atoms with Gasteiger partial charge < -0.3 is 5.32 Å². The predicted molar refractivity (Wildman–Crippen MR) is 85.3 cm³/mol. The Morgan fingerprint density at radius 3 is 2.50 bits per heavy atom. The molecule has 0 aromatic heterocycles. The van der Waals surface area contributed by atoms with E-state index in [0.29, 0.717) is 5.75 Å². The summed E-state index contributed by atoms with van der Waals surface area (Å²) in [6.07, 6.45) is 0. The lowest BCUT2D eigenvalue weighted by Gasteiger charge is -2.17. The molecule has 2 nitrogen and oxygen atoms in total. The minimum atomic E-state index is 0.0784. The van der Waals surface area contributed by atoms with E-state index in [2.05, 4.69) is 49.5 Å². The van der Waals surface area contributed by atoms with E-state index in [1.165, 1.54) is 22.3 Å². The molecule has 20 heavy (non-hydrogen) atoms. The molecule has 1 heterocycles. The highest BCUT2D eigenvalue weighted by Crippen LogP contribution is 2.41. The fourth-order valence-corrected chi connectivity index (χ4v) is 3.58. The summed E-state index contributed by atoms with van der Waals surface area (Å²) in [5.74, 6) is 0.571. The molecule has 2 aromatic rings. The van der Waals surface area contributed by atoms with Gasteiger partial charge in [0, 0.05) is 5.69 Å². The first-order valence-corrected chi connectivity index (χ1v) is 7.77. The number of fused-ring (bicyclic) bond motifs is 1. The number of aryl methyl sites for hydroxylation is 2. The van der Waals surface area contributed by atoms with E-state index in [4.69, 9.17) is 0 Å². The number of carbonyl (C=O) groups excluding carboxylic acids is 1. The molecular weight excluding hydrogens is 266 g/mol. The van der Waals surface area contributed by atoms with Crippen LogP contribution in [-0.4, -0.2) is 11.7 Å². The van der Waals surface area contributed by atoms with Gasteiger partial charge in [-0.3, -0.25) is 4.79 Å². The Labute approximate surface area is 123 Å². The molecule has 1 unspecified atom stereocenters. The third-order valence-electron chi connectivity index (χ3n) is 3.52. The van der Waals surface area contributed by atoms with Crippen LogP contribution < -0.4 is 5.32 Å². The highest BCUT2D eigenvalue weighted by atomic mass is 32.2. The maximum atomic E-state index is 11.8. The van der Waals surface area contributed by atoms with Gasteiger partial charge in [-0.15, -0.1) is 11.8 Å². The molecule has 3 heteroatoms. The van der Waals surface area contributed by atoms with Gasteiger partial charge in [0.05, 0.1) is 11.0 Å². The summed E-state index contributed by atoms with van der Waals surface area (Å²) in [7, 11) is 0. The third-order valence-corrected chi connectivity index (χ3v) is 4.81. The minimum absolute atomic E-state index is 0.0784. The highest BCUT2D eigenvalue weighted by Gasteiger charge is 2.23. The predicted octanol–water partition coefficient (Wildman–Crippen LogP) is 4.08. The Bertz CT molecular complexity index is 649. The van der Waals surface area contributed by atoms with Crippen LogP contribution in [-0.2, 0) is 4.79 Å². The number of benzene rings is 2. The summed E-state index contributed by atoms with van der Waals surface area (Å²) >= 11 is 1.69. The molecule has 0 fully saturated rings. The molecule has 1 atom stereocenters. The molecule has 0 spiro atoms. The molecule has 0 saturated carbocycles. The second kappa shape index (κ2) is 5.33. The first-order valence-electron chi connectivity index (χ1n) is 6.72. The van der Waals surface area contributed by atoms with Crippen molar-refractivity contribution in [2.45, 2.75) is 19.1 Å². The molecule has 0 aliphatic carbocycles. The number of thioether (sulfide) groups is 1. The Kier molecular flexibility index (Phi) is 3.53. The lowest BCUT2D eigenvalue weighted by Crippen LogP contribution is -2.12. The Hall–Kier alpha value is -1.74. The molecule has 1 amide bonds. The topological polar surface area (TPSA) is 29.1 Å². The summed E-state index contributed by atoms with van der Waals surface area (Å²) in [5.41, 5.74) is 5.87. The van der Waals surface area contributed by atoms with Gasteiger partial charge in [0.1, 0.15) is 0 Å². The summed E-state index contributed by atoms with van der Waals surface area (Å²) in [6, 6.07) is 14.8. The minimum Gasteiger partial charge on any atom is -0.325 e. The van der Waals surface area contributed by atoms with Crippen molar-refractivity contribution in [2.75, 3.05) is 11.1 Å². The van der Waals surface area contributed by atoms with Crippen molar-refractivity contribution in [2.24, 2.45) is 0 Å². The van der Waals surface area contributed by atoms with Crippen LogP contribution in [0.25, 0.3) is 0 Å². The van der Waals surface area contributed by atoms with Gasteiger partial charge in [0.15, 0.2) is 0 Å². The van der Waals surface area contributed by atoms with Crippen LogP contribution in [0.4, 0.5) is 5.69 Å². The van der Waals surface area contributed by atoms with Crippen LogP contribution in [0.1, 0.15) is 27.5 Å². The highest BCUT2D eigenvalue weighted by molar-refractivity contribution is 8.00. The van der Waals surface area contributed by atoms with Crippen molar-refractivity contribution in [1.29, 1.82) is 0 Å². The van der Waals surface area contributed by atoms with E-state index in [1.807, 2.05) is 12.1 Å². The van der Waals surface area contributed by atoms with Gasteiger partial charge in [-0.1, -0.05) is 47.5 Å². The Balaban J connectivity index is 2.09. The smallest absolute Gasteiger partial charge is 0.234 e. The van der Waals surface area contributed by atoms with Crippen molar-refractivity contribution in [1.82, 2.24) is 0 Å². The van der Waals surface area contributed by atoms with Crippen LogP contribution in [0.3, 0.4) is 0 Å². The average molecular weight is 283 g/mol. The molecule has 1 aliphatic heterocycles. The van der Waals surface area contributed by atoms with Gasteiger partial charge in [-0.2, -0.15) is 0 Å². The van der Waals surface area contributed by atoms with Gasteiger partial charge in [0.25, 0.3) is 0 Å². The molecule has 2 aromatic carbocycles. The van der Waals surface area contributed by atoms with E-state index in [9.17, 15) is 4.79 Å². The average Bonchev–Trinajstić information content (AvgIpc) is 2.58. The van der Waals surface area contributed by atoms with Crippen LogP contribution in [0.15, 0.2) is 42.5 Å². The summed E-state index contributed by atoms with van der Waals surface area (Å²) in [4.78, 5) is 11.8. The zero-order valence-electron chi connectivity index (χ0n) is 11.6. The van der Waals surface area contributed by atoms with Crippen molar-refractivity contribution in [3.63, 3.8) is 0 Å². The van der Waals surface area contributed by atoms with Crippen LogP contribution >= 0.6 is 11.8 Å². The van der Waals surface area contributed by atoms with Crippen LogP contribution in [0, 0.1) is 13.8 Å². The van der Waals surface area contributed by atoms with Crippen molar-refractivity contribution in [3.8, 4) is 0 Å². The van der Waals surface area contributed by atoms with E-state index >= 15 is 0 Å². The molecule has 0 saturated heterocycles. The Morgan fingerprint density at radius 1 is 1.05 bits per heavy atom. The number of hydrogen-bond acceptors (Lipinski definition) is 2.